The zero-order chi connectivity index (χ0) is 33.5. The third-order valence-electron chi connectivity index (χ3n) is 7.81. The fourth-order valence-electron chi connectivity index (χ4n) is 5.21. The molecule has 3 aromatic carbocycles. The van der Waals surface area contributed by atoms with Gasteiger partial charge in [-0.2, -0.15) is 0 Å². The van der Waals surface area contributed by atoms with E-state index in [1.807, 2.05) is 54.4 Å². The second-order valence-electron chi connectivity index (χ2n) is 11.3. The van der Waals surface area contributed by atoms with Crippen LogP contribution in [0.1, 0.15) is 61.9 Å². The highest BCUT2D eigenvalue weighted by atomic mass is 79.9. The van der Waals surface area contributed by atoms with Crippen LogP contribution >= 0.6 is 39.1 Å². The lowest BCUT2D eigenvalue weighted by atomic mass is 9.93. The number of carbonyl (C=O) groups excluding carboxylic acids is 2. The number of nitrogens with one attached hydrogen (secondary N) is 1. The molecule has 46 heavy (non-hydrogen) atoms. The molecule has 0 saturated heterocycles. The molecule has 3 aromatic rings. The van der Waals surface area contributed by atoms with Crippen molar-refractivity contribution in [1.82, 2.24) is 9.80 Å². The molecule has 0 bridgehead atoms. The van der Waals surface area contributed by atoms with Crippen molar-refractivity contribution in [1.29, 1.82) is 0 Å². The monoisotopic (exact) mass is 734 g/mol. The lowest BCUT2D eigenvalue weighted by molar-refractivity contribution is -0.141. The summed E-state index contributed by atoms with van der Waals surface area (Å²) >= 11 is 15.6. The largest absolute Gasteiger partial charge is 0.465 e. The molecule has 0 atom stereocenters. The Bertz CT molecular complexity index is 1390. The van der Waals surface area contributed by atoms with E-state index < -0.39 is 0 Å². The summed E-state index contributed by atoms with van der Waals surface area (Å²) in [5, 5.41) is 4.41. The molecule has 3 N–H and O–H groups in total. The van der Waals surface area contributed by atoms with Gasteiger partial charge in [0.25, 0.3) is 0 Å². The topological polar surface area (TPSA) is 97.1 Å². The van der Waals surface area contributed by atoms with Crippen LogP contribution in [0.4, 0.5) is 17.1 Å². The first-order valence-corrected chi connectivity index (χ1v) is 17.2. The summed E-state index contributed by atoms with van der Waals surface area (Å²) in [5.74, 6) is -0.661. The molecule has 8 nitrogen and oxygen atoms in total. The standard InChI is InChI=1S/C23H36BrN3O4.C12H9Cl2N/c1-4-27(20-8-6-5-7-9-20)16-19-14-18(15-21(24)22(19)25)23(29)31-13-11-26(3)10-12-30-17(2)28;13-10-7-4-8-11(14)12(10)15-9-5-2-1-3-6-9/h14-15,20H,4-13,16,25H2,1-3H3;1-8,15H. The van der Waals surface area contributed by atoms with E-state index in [0.29, 0.717) is 47.0 Å². The van der Waals surface area contributed by atoms with Gasteiger partial charge in [-0.05, 0) is 84.3 Å². The highest BCUT2D eigenvalue weighted by molar-refractivity contribution is 9.10. The average molecular weight is 737 g/mol. The molecule has 250 valence electrons. The minimum atomic E-state index is -0.365. The fourth-order valence-corrected chi connectivity index (χ4v) is 6.20. The van der Waals surface area contributed by atoms with Crippen LogP contribution in [0.3, 0.4) is 0 Å². The molecule has 1 aliphatic carbocycles. The lowest BCUT2D eigenvalue weighted by Gasteiger charge is -2.34. The van der Waals surface area contributed by atoms with E-state index in [2.05, 4.69) is 33.1 Å². The summed E-state index contributed by atoms with van der Waals surface area (Å²) in [6.45, 7) is 6.97. The number of nitrogens with zero attached hydrogens (tertiary/aromatic N) is 2. The number of benzene rings is 3. The minimum Gasteiger partial charge on any atom is -0.465 e. The van der Waals surface area contributed by atoms with Gasteiger partial charge in [0.2, 0.25) is 0 Å². The van der Waals surface area contributed by atoms with Gasteiger partial charge in [0.15, 0.2) is 0 Å². The molecule has 0 unspecified atom stereocenters. The van der Waals surface area contributed by atoms with Crippen LogP contribution in [0.5, 0.6) is 0 Å². The number of anilines is 3. The summed E-state index contributed by atoms with van der Waals surface area (Å²) in [4.78, 5) is 27.8. The van der Waals surface area contributed by atoms with Crippen molar-refractivity contribution in [3.05, 3.63) is 86.3 Å². The van der Waals surface area contributed by atoms with Crippen LogP contribution in [-0.4, -0.2) is 67.7 Å². The number of esters is 2. The Labute approximate surface area is 291 Å². The molecule has 0 radical (unpaired) electrons. The van der Waals surface area contributed by atoms with Crippen molar-refractivity contribution in [2.45, 2.75) is 58.5 Å². The molecule has 11 heteroatoms. The third-order valence-corrected chi connectivity index (χ3v) is 9.10. The van der Waals surface area contributed by atoms with Gasteiger partial charge in [0, 0.05) is 42.8 Å². The van der Waals surface area contributed by atoms with E-state index in [1.54, 1.807) is 18.2 Å². The Kier molecular flexibility index (Phi) is 16.2. The highest BCUT2D eigenvalue weighted by Crippen LogP contribution is 2.32. The molecule has 0 aromatic heterocycles. The van der Waals surface area contributed by atoms with Gasteiger partial charge < -0.3 is 20.5 Å². The van der Waals surface area contributed by atoms with Crippen molar-refractivity contribution < 1.29 is 19.1 Å². The van der Waals surface area contributed by atoms with Crippen molar-refractivity contribution in [2.24, 2.45) is 0 Å². The maximum atomic E-state index is 12.6. The number of para-hydroxylation sites is 2. The van der Waals surface area contributed by atoms with E-state index in [-0.39, 0.29) is 18.5 Å². The van der Waals surface area contributed by atoms with Crippen LogP contribution in [0.2, 0.25) is 10.0 Å². The van der Waals surface area contributed by atoms with Crippen molar-refractivity contribution in [3.63, 3.8) is 0 Å². The normalized spacial score (nSPS) is 13.2. The summed E-state index contributed by atoms with van der Waals surface area (Å²) < 4.78 is 11.1. The van der Waals surface area contributed by atoms with Crippen molar-refractivity contribution >= 4 is 68.1 Å². The molecular weight excluding hydrogens is 691 g/mol. The number of nitrogen functional groups attached to an aromatic ring is 1. The zero-order valence-electron chi connectivity index (χ0n) is 26.9. The quantitative estimate of drug-likeness (QED) is 0.133. The first kappa shape index (κ1) is 37.6. The molecule has 0 heterocycles. The number of hydrogen-bond acceptors (Lipinski definition) is 8. The Balaban J connectivity index is 0.000000318. The van der Waals surface area contributed by atoms with E-state index in [0.717, 1.165) is 34.5 Å². The van der Waals surface area contributed by atoms with Crippen LogP contribution in [0.15, 0.2) is 65.1 Å². The Morgan fingerprint density at radius 1 is 0.957 bits per heavy atom. The van der Waals surface area contributed by atoms with Gasteiger partial charge in [-0.3, -0.25) is 14.6 Å². The van der Waals surface area contributed by atoms with Crippen LogP contribution in [0.25, 0.3) is 0 Å². The predicted molar refractivity (Wildman–Crippen MR) is 192 cm³/mol. The zero-order valence-corrected chi connectivity index (χ0v) is 30.0. The van der Waals surface area contributed by atoms with Crippen molar-refractivity contribution in [2.75, 3.05) is 50.9 Å². The van der Waals surface area contributed by atoms with E-state index in [1.165, 1.54) is 39.0 Å². The molecule has 1 saturated carbocycles. The van der Waals surface area contributed by atoms with Gasteiger partial charge in [-0.15, -0.1) is 0 Å². The van der Waals surface area contributed by atoms with Gasteiger partial charge in [0.05, 0.1) is 27.0 Å². The van der Waals surface area contributed by atoms with Crippen LogP contribution in [-0.2, 0) is 20.8 Å². The van der Waals surface area contributed by atoms with Crippen molar-refractivity contribution in [3.8, 4) is 0 Å². The Morgan fingerprint density at radius 3 is 2.20 bits per heavy atom. The van der Waals surface area contributed by atoms with Gasteiger partial charge in [-0.1, -0.05) is 73.7 Å². The number of hydrogen-bond donors (Lipinski definition) is 2. The maximum absolute atomic E-state index is 12.6. The number of carbonyl (C=O) groups is 2. The number of likely N-dealkylation sites (N-methyl/N-ethyl adjacent to an activating group) is 1. The summed E-state index contributed by atoms with van der Waals surface area (Å²) in [5.41, 5.74) is 10.2. The second-order valence-corrected chi connectivity index (χ2v) is 12.9. The summed E-state index contributed by atoms with van der Waals surface area (Å²) in [6.07, 6.45) is 6.33. The molecule has 1 fully saturated rings. The average Bonchev–Trinajstić information content (AvgIpc) is 3.04. The number of halogens is 3. The Hall–Kier alpha value is -2.82. The molecular formula is C35H45BrCl2N4O4. The lowest BCUT2D eigenvalue weighted by Crippen LogP contribution is -2.36. The number of rotatable bonds is 13. The smallest absolute Gasteiger partial charge is 0.338 e. The summed E-state index contributed by atoms with van der Waals surface area (Å²) in [6, 6.07) is 19.4. The molecule has 1 aliphatic rings. The summed E-state index contributed by atoms with van der Waals surface area (Å²) in [7, 11) is 1.89. The van der Waals surface area contributed by atoms with Gasteiger partial charge in [0.1, 0.15) is 13.2 Å². The van der Waals surface area contributed by atoms with E-state index in [9.17, 15) is 9.59 Å². The SMILES string of the molecule is CCN(Cc1cc(C(=O)OCCN(C)CCOC(C)=O)cc(Br)c1N)C1CCCCC1.Clc1cccc(Cl)c1Nc1ccccc1. The number of nitrogens with two attached hydrogens (primary N) is 1. The van der Waals surface area contributed by atoms with E-state index in [4.69, 9.17) is 38.4 Å². The molecule has 4 rings (SSSR count). The number of ether oxygens (including phenoxy) is 2. The van der Waals surface area contributed by atoms with E-state index >= 15 is 0 Å². The third kappa shape index (κ3) is 12.4. The second kappa shape index (κ2) is 19.8. The maximum Gasteiger partial charge on any atom is 0.338 e. The minimum absolute atomic E-state index is 0.260. The first-order chi connectivity index (χ1) is 22.1. The first-order valence-electron chi connectivity index (χ1n) is 15.7. The Morgan fingerprint density at radius 2 is 1.59 bits per heavy atom. The van der Waals surface area contributed by atoms with Crippen LogP contribution < -0.4 is 11.1 Å². The van der Waals surface area contributed by atoms with Gasteiger partial charge >= 0.3 is 11.9 Å². The molecule has 0 amide bonds. The predicted octanol–water partition coefficient (Wildman–Crippen LogP) is 8.57. The fraction of sp³-hybridized carbons (Fsp3) is 0.429. The van der Waals surface area contributed by atoms with Gasteiger partial charge in [-0.25, -0.2) is 4.79 Å². The van der Waals surface area contributed by atoms with Crippen LogP contribution in [0, 0.1) is 0 Å². The molecule has 0 spiro atoms. The highest BCUT2D eigenvalue weighted by Gasteiger charge is 2.22. The molecule has 0 aliphatic heterocycles.